The van der Waals surface area contributed by atoms with E-state index in [2.05, 4.69) is 26.7 Å². The maximum atomic E-state index is 12.6. The van der Waals surface area contributed by atoms with Crippen LogP contribution in [-0.2, 0) is 9.59 Å². The summed E-state index contributed by atoms with van der Waals surface area (Å²) in [4.78, 5) is 37.1. The average molecular weight is 410 g/mol. The van der Waals surface area contributed by atoms with Crippen molar-refractivity contribution < 1.29 is 19.1 Å². The smallest absolute Gasteiger partial charge is 0.344 e. The molecule has 8 heteroatoms. The van der Waals surface area contributed by atoms with E-state index in [1.54, 1.807) is 31.2 Å². The second kappa shape index (κ2) is 7.03. The second-order valence-corrected chi connectivity index (χ2v) is 7.32. The maximum absolute atomic E-state index is 12.6. The van der Waals surface area contributed by atoms with Crippen LogP contribution in [0.15, 0.2) is 28.7 Å². The van der Waals surface area contributed by atoms with E-state index in [4.69, 9.17) is 4.74 Å². The first kappa shape index (κ1) is 17.7. The second-order valence-electron chi connectivity index (χ2n) is 6.40. The number of nitrogens with one attached hydrogen (secondary N) is 2. The minimum Gasteiger partial charge on any atom is -0.481 e. The molecular formula is C17H20BrN3O4. The van der Waals surface area contributed by atoms with E-state index >= 15 is 0 Å². The standard InChI is InChI=1S/C17H20BrN3O4/c1-11(25-13-7-5-12(18)6-8-13)14(22)20-21-15(23)17(19-16(21)24)9-3-2-4-10-17/h5-8,11H,2-4,9-10H2,1H3,(H,19,24)(H,20,22)/t11-/m0/s1. The lowest BCUT2D eigenvalue weighted by atomic mass is 9.82. The molecule has 1 saturated carbocycles. The molecule has 2 N–H and O–H groups in total. The third-order valence-corrected chi connectivity index (χ3v) is 5.12. The van der Waals surface area contributed by atoms with Crippen LogP contribution in [0.2, 0.25) is 0 Å². The zero-order chi connectivity index (χ0) is 18.0. The molecule has 2 aliphatic rings. The van der Waals surface area contributed by atoms with Crippen LogP contribution in [0, 0.1) is 0 Å². The van der Waals surface area contributed by atoms with Crippen molar-refractivity contribution in [2.75, 3.05) is 0 Å². The van der Waals surface area contributed by atoms with Crippen LogP contribution in [0.25, 0.3) is 0 Å². The fourth-order valence-electron chi connectivity index (χ4n) is 3.19. The van der Waals surface area contributed by atoms with Gasteiger partial charge in [0.05, 0.1) is 0 Å². The lowest BCUT2D eigenvalue weighted by Crippen LogP contribution is -2.53. The Morgan fingerprint density at radius 1 is 1.24 bits per heavy atom. The van der Waals surface area contributed by atoms with Gasteiger partial charge >= 0.3 is 6.03 Å². The molecule has 1 aromatic rings. The highest BCUT2D eigenvalue weighted by Gasteiger charge is 2.52. The number of hydrogen-bond donors (Lipinski definition) is 2. The number of urea groups is 1. The molecular weight excluding hydrogens is 390 g/mol. The van der Waals surface area contributed by atoms with E-state index in [-0.39, 0.29) is 5.91 Å². The van der Waals surface area contributed by atoms with Gasteiger partial charge in [-0.1, -0.05) is 35.2 Å². The maximum Gasteiger partial charge on any atom is 0.344 e. The summed E-state index contributed by atoms with van der Waals surface area (Å²) in [5, 5.41) is 3.53. The lowest BCUT2D eigenvalue weighted by Gasteiger charge is -2.30. The Morgan fingerprint density at radius 2 is 1.88 bits per heavy atom. The zero-order valence-electron chi connectivity index (χ0n) is 13.9. The van der Waals surface area contributed by atoms with Crippen LogP contribution in [0.3, 0.4) is 0 Å². The van der Waals surface area contributed by atoms with Gasteiger partial charge in [-0.25, -0.2) is 4.79 Å². The van der Waals surface area contributed by atoms with Crippen molar-refractivity contribution in [3.8, 4) is 5.75 Å². The number of halogens is 1. The van der Waals surface area contributed by atoms with Crippen LogP contribution in [0.5, 0.6) is 5.75 Å². The average Bonchev–Trinajstić information content (AvgIpc) is 2.81. The zero-order valence-corrected chi connectivity index (χ0v) is 15.5. The van der Waals surface area contributed by atoms with Crippen LogP contribution in [0.1, 0.15) is 39.0 Å². The Kier molecular flexibility index (Phi) is 4.99. The SMILES string of the molecule is C[C@H](Oc1ccc(Br)cc1)C(=O)NN1C(=O)NC2(CCCCC2)C1=O. The molecule has 0 aromatic heterocycles. The van der Waals surface area contributed by atoms with E-state index in [1.807, 2.05) is 0 Å². The quantitative estimate of drug-likeness (QED) is 0.747. The van der Waals surface area contributed by atoms with E-state index in [0.717, 1.165) is 28.7 Å². The summed E-state index contributed by atoms with van der Waals surface area (Å²) in [5.74, 6) is -0.424. The van der Waals surface area contributed by atoms with Crippen LogP contribution in [0.4, 0.5) is 4.79 Å². The number of imide groups is 1. The Bertz CT molecular complexity index is 686. The molecule has 3 rings (SSSR count). The molecule has 0 radical (unpaired) electrons. The topological polar surface area (TPSA) is 87.7 Å². The number of carbonyl (C=O) groups is 3. The summed E-state index contributed by atoms with van der Waals surface area (Å²) in [5.41, 5.74) is 1.52. The van der Waals surface area contributed by atoms with E-state index < -0.39 is 23.6 Å². The van der Waals surface area contributed by atoms with Crippen molar-refractivity contribution in [3.63, 3.8) is 0 Å². The van der Waals surface area contributed by atoms with Gasteiger partial charge in [-0.05, 0) is 44.0 Å². The minimum absolute atomic E-state index is 0.388. The Morgan fingerprint density at radius 3 is 2.52 bits per heavy atom. The van der Waals surface area contributed by atoms with E-state index in [9.17, 15) is 14.4 Å². The number of benzene rings is 1. The molecule has 25 heavy (non-hydrogen) atoms. The predicted octanol–water partition coefficient (Wildman–Crippen LogP) is 2.50. The predicted molar refractivity (Wildman–Crippen MR) is 93.6 cm³/mol. The van der Waals surface area contributed by atoms with Gasteiger partial charge in [0.1, 0.15) is 11.3 Å². The molecule has 0 bridgehead atoms. The van der Waals surface area contributed by atoms with E-state index in [1.165, 1.54) is 0 Å². The number of hydrazine groups is 1. The molecule has 134 valence electrons. The summed E-state index contributed by atoms with van der Waals surface area (Å²) in [6.07, 6.45) is 3.18. The number of rotatable bonds is 4. The van der Waals surface area contributed by atoms with Gasteiger partial charge in [0.2, 0.25) is 0 Å². The van der Waals surface area contributed by atoms with Gasteiger partial charge in [-0.2, -0.15) is 5.01 Å². The van der Waals surface area contributed by atoms with Crippen molar-refractivity contribution in [3.05, 3.63) is 28.7 Å². The summed E-state index contributed by atoms with van der Waals surface area (Å²) >= 11 is 3.32. The summed E-state index contributed by atoms with van der Waals surface area (Å²) < 4.78 is 6.44. The Hall–Kier alpha value is -2.09. The van der Waals surface area contributed by atoms with Gasteiger partial charge in [0, 0.05) is 4.47 Å². The first-order valence-corrected chi connectivity index (χ1v) is 9.10. The normalized spacial score (nSPS) is 20.3. The molecule has 1 aliphatic heterocycles. The third kappa shape index (κ3) is 3.63. The first-order valence-electron chi connectivity index (χ1n) is 8.31. The van der Waals surface area contributed by atoms with Crippen LogP contribution < -0.4 is 15.5 Å². The lowest BCUT2D eigenvalue weighted by molar-refractivity contribution is -0.142. The fourth-order valence-corrected chi connectivity index (χ4v) is 3.45. The van der Waals surface area contributed by atoms with Crippen molar-refractivity contribution >= 4 is 33.8 Å². The molecule has 0 unspecified atom stereocenters. The Balaban J connectivity index is 1.62. The van der Waals surface area contributed by atoms with Gasteiger partial charge in [-0.15, -0.1) is 0 Å². The summed E-state index contributed by atoms with van der Waals surface area (Å²) in [7, 11) is 0. The van der Waals surface area contributed by atoms with Gasteiger partial charge in [0.15, 0.2) is 6.10 Å². The third-order valence-electron chi connectivity index (χ3n) is 4.59. The molecule has 1 heterocycles. The molecule has 2 fully saturated rings. The molecule has 1 saturated heterocycles. The van der Waals surface area contributed by atoms with Crippen molar-refractivity contribution in [1.82, 2.24) is 15.8 Å². The Labute approximate surface area is 154 Å². The van der Waals surface area contributed by atoms with Crippen LogP contribution >= 0.6 is 15.9 Å². The van der Waals surface area contributed by atoms with Gasteiger partial charge < -0.3 is 10.1 Å². The molecule has 1 aliphatic carbocycles. The molecule has 4 amide bonds. The number of hydrogen-bond acceptors (Lipinski definition) is 4. The largest absolute Gasteiger partial charge is 0.481 e. The highest BCUT2D eigenvalue weighted by Crippen LogP contribution is 2.33. The van der Waals surface area contributed by atoms with Gasteiger partial charge in [0.25, 0.3) is 11.8 Å². The molecule has 1 aromatic carbocycles. The summed E-state index contributed by atoms with van der Waals surface area (Å²) in [6.45, 7) is 1.56. The highest BCUT2D eigenvalue weighted by molar-refractivity contribution is 9.10. The highest BCUT2D eigenvalue weighted by atomic mass is 79.9. The monoisotopic (exact) mass is 409 g/mol. The van der Waals surface area contributed by atoms with Crippen molar-refractivity contribution in [2.45, 2.75) is 50.7 Å². The summed E-state index contributed by atoms with van der Waals surface area (Å²) in [6, 6.07) is 6.45. The number of ether oxygens (including phenoxy) is 1. The van der Waals surface area contributed by atoms with Crippen molar-refractivity contribution in [1.29, 1.82) is 0 Å². The number of nitrogens with zero attached hydrogens (tertiary/aromatic N) is 1. The minimum atomic E-state index is -0.863. The molecule has 1 atom stereocenters. The molecule has 7 nitrogen and oxygen atoms in total. The van der Waals surface area contributed by atoms with E-state index in [0.29, 0.717) is 18.6 Å². The van der Waals surface area contributed by atoms with Crippen LogP contribution in [-0.4, -0.2) is 34.5 Å². The fraction of sp³-hybridized carbons (Fsp3) is 0.471. The van der Waals surface area contributed by atoms with Crippen molar-refractivity contribution in [2.24, 2.45) is 0 Å². The number of amides is 4. The number of carbonyl (C=O) groups excluding carboxylic acids is 3. The molecule has 1 spiro atoms. The van der Waals surface area contributed by atoms with Gasteiger partial charge in [-0.3, -0.25) is 15.0 Å². The first-order chi connectivity index (χ1) is 11.9.